The van der Waals surface area contributed by atoms with Gasteiger partial charge in [-0.25, -0.2) is 13.3 Å². The van der Waals surface area contributed by atoms with Gasteiger partial charge in [0.2, 0.25) is 15.9 Å². The lowest BCUT2D eigenvalue weighted by Crippen LogP contribution is -2.45. The Balaban J connectivity index is 1.73. The summed E-state index contributed by atoms with van der Waals surface area (Å²) in [5, 5.41) is 0. The molecule has 1 aliphatic heterocycles. The maximum absolute atomic E-state index is 13.6. The van der Waals surface area contributed by atoms with Gasteiger partial charge in [-0.2, -0.15) is 4.31 Å². The number of methoxy groups -OCH3 is 1. The molecule has 0 N–H and O–H groups in total. The number of amides is 2. The van der Waals surface area contributed by atoms with E-state index in [0.29, 0.717) is 17.0 Å². The Hall–Kier alpha value is -3.08. The monoisotopic (exact) mass is 529 g/mol. The Morgan fingerprint density at radius 2 is 1.79 bits per heavy atom. The average Bonchev–Trinajstić information content (AvgIpc) is 3.12. The van der Waals surface area contributed by atoms with Crippen molar-refractivity contribution in [2.45, 2.75) is 23.9 Å². The number of sulfonamides is 1. The third-order valence-electron chi connectivity index (χ3n) is 5.28. The van der Waals surface area contributed by atoms with E-state index in [1.54, 1.807) is 42.6 Å². The smallest absolute Gasteiger partial charge is 0.252 e. The number of hydrogen-bond acceptors (Lipinski definition) is 6. The number of carbonyl (C=O) groups is 2. The molecule has 1 atom stereocenters. The number of anilines is 1. The lowest BCUT2D eigenvalue weighted by molar-refractivity contribution is -0.122. The van der Waals surface area contributed by atoms with Crippen LogP contribution in [-0.4, -0.2) is 42.7 Å². The van der Waals surface area contributed by atoms with E-state index in [1.807, 2.05) is 0 Å². The quantitative estimate of drug-likeness (QED) is 0.435. The third-order valence-corrected chi connectivity index (χ3v) is 7.68. The van der Waals surface area contributed by atoms with E-state index >= 15 is 0 Å². The van der Waals surface area contributed by atoms with E-state index in [1.165, 1.54) is 37.6 Å². The highest BCUT2D eigenvalue weighted by atomic mass is 79.9. The maximum atomic E-state index is 13.6. The van der Waals surface area contributed by atoms with Gasteiger partial charge >= 0.3 is 0 Å². The largest absolute Gasteiger partial charge is 0.497 e. The van der Waals surface area contributed by atoms with Gasteiger partial charge in [0.05, 0.1) is 24.1 Å². The molecule has 1 fully saturated rings. The van der Waals surface area contributed by atoms with Crippen LogP contribution < -0.4 is 9.64 Å². The molecular formula is C23H20BrN3O5S. The van der Waals surface area contributed by atoms with Crippen molar-refractivity contribution in [1.82, 2.24) is 9.29 Å². The van der Waals surface area contributed by atoms with Crippen LogP contribution in [0, 0.1) is 0 Å². The highest BCUT2D eigenvalue weighted by molar-refractivity contribution is 9.10. The van der Waals surface area contributed by atoms with Gasteiger partial charge in [-0.05, 0) is 60.2 Å². The van der Waals surface area contributed by atoms with Crippen LogP contribution in [0.2, 0.25) is 0 Å². The number of ether oxygens (including phenoxy) is 1. The van der Waals surface area contributed by atoms with Crippen molar-refractivity contribution in [3.63, 3.8) is 0 Å². The predicted molar refractivity (Wildman–Crippen MR) is 125 cm³/mol. The van der Waals surface area contributed by atoms with Gasteiger partial charge in [-0.15, -0.1) is 0 Å². The number of hydrogen-bond donors (Lipinski definition) is 0. The minimum absolute atomic E-state index is 0.00506. The van der Waals surface area contributed by atoms with E-state index in [0.717, 1.165) is 13.7 Å². The average molecular weight is 530 g/mol. The first-order valence-electron chi connectivity index (χ1n) is 9.98. The molecule has 10 heteroatoms. The van der Waals surface area contributed by atoms with Crippen LogP contribution in [0.5, 0.6) is 5.75 Å². The van der Waals surface area contributed by atoms with E-state index in [9.17, 15) is 18.0 Å². The Labute approximate surface area is 200 Å². The van der Waals surface area contributed by atoms with Gasteiger partial charge in [0.25, 0.3) is 5.91 Å². The molecule has 1 aromatic heterocycles. The minimum Gasteiger partial charge on any atom is -0.497 e. The van der Waals surface area contributed by atoms with Crippen molar-refractivity contribution in [2.24, 2.45) is 0 Å². The summed E-state index contributed by atoms with van der Waals surface area (Å²) in [4.78, 5) is 31.3. The molecule has 0 saturated carbocycles. The second-order valence-corrected chi connectivity index (χ2v) is 10.2. The number of benzene rings is 2. The fourth-order valence-electron chi connectivity index (χ4n) is 3.62. The molecular weight excluding hydrogens is 510 g/mol. The van der Waals surface area contributed by atoms with Crippen LogP contribution in [0.3, 0.4) is 0 Å². The summed E-state index contributed by atoms with van der Waals surface area (Å²) in [6, 6.07) is 14.8. The Bertz CT molecular complexity index is 1270. The maximum Gasteiger partial charge on any atom is 0.252 e. The van der Waals surface area contributed by atoms with Crippen LogP contribution in [-0.2, 0) is 26.2 Å². The summed E-state index contributed by atoms with van der Waals surface area (Å²) in [6.07, 6.45) is 2.85. The fourth-order valence-corrected chi connectivity index (χ4v) is 5.45. The summed E-state index contributed by atoms with van der Waals surface area (Å²) in [5.41, 5.74) is 0.982. The minimum atomic E-state index is -4.13. The summed E-state index contributed by atoms with van der Waals surface area (Å²) >= 11 is 3.33. The molecule has 33 heavy (non-hydrogen) atoms. The number of aromatic nitrogens is 1. The first-order chi connectivity index (χ1) is 15.8. The second-order valence-electron chi connectivity index (χ2n) is 7.35. The number of carbonyl (C=O) groups excluding carboxylic acids is 2. The van der Waals surface area contributed by atoms with Crippen LogP contribution in [0.25, 0.3) is 0 Å². The fraction of sp³-hybridized carbons (Fsp3) is 0.174. The van der Waals surface area contributed by atoms with Crippen molar-refractivity contribution in [2.75, 3.05) is 12.0 Å². The SMILES string of the molecule is COc1ccc(S(=O)(=O)N(Cc2cccnc2)C2CC(=O)N(c3ccc(Br)cc3)C2=O)cc1. The molecule has 170 valence electrons. The summed E-state index contributed by atoms with van der Waals surface area (Å²) in [6.45, 7) is -0.111. The number of imide groups is 1. The molecule has 0 radical (unpaired) electrons. The highest BCUT2D eigenvalue weighted by Gasteiger charge is 2.47. The van der Waals surface area contributed by atoms with Gasteiger partial charge in [0.15, 0.2) is 0 Å². The Kier molecular flexibility index (Phi) is 6.59. The summed E-state index contributed by atoms with van der Waals surface area (Å²) in [5.74, 6) is -0.557. The lowest BCUT2D eigenvalue weighted by Gasteiger charge is -2.27. The number of pyridine rings is 1. The van der Waals surface area contributed by atoms with Crippen molar-refractivity contribution >= 4 is 43.5 Å². The van der Waals surface area contributed by atoms with Gasteiger partial charge in [-0.3, -0.25) is 14.6 Å². The molecule has 8 nitrogen and oxygen atoms in total. The van der Waals surface area contributed by atoms with E-state index in [4.69, 9.17) is 4.74 Å². The predicted octanol–water partition coefficient (Wildman–Crippen LogP) is 3.38. The third kappa shape index (κ3) is 4.68. The first kappa shape index (κ1) is 23.1. The molecule has 0 spiro atoms. The van der Waals surface area contributed by atoms with Crippen molar-refractivity contribution in [1.29, 1.82) is 0 Å². The zero-order valence-corrected chi connectivity index (χ0v) is 20.0. The molecule has 2 aromatic carbocycles. The molecule has 1 unspecified atom stereocenters. The highest BCUT2D eigenvalue weighted by Crippen LogP contribution is 2.31. The lowest BCUT2D eigenvalue weighted by atomic mass is 10.2. The molecule has 4 rings (SSSR count). The zero-order valence-electron chi connectivity index (χ0n) is 17.6. The Morgan fingerprint density at radius 1 is 1.09 bits per heavy atom. The molecule has 3 aromatic rings. The van der Waals surface area contributed by atoms with Crippen LogP contribution in [0.15, 0.2) is 82.4 Å². The topological polar surface area (TPSA) is 96.9 Å². The molecule has 2 amide bonds. The molecule has 2 heterocycles. The van der Waals surface area contributed by atoms with Crippen LogP contribution in [0.4, 0.5) is 5.69 Å². The molecule has 0 aliphatic carbocycles. The number of halogens is 1. The Morgan fingerprint density at radius 3 is 2.39 bits per heavy atom. The van der Waals surface area contributed by atoms with Crippen LogP contribution in [0.1, 0.15) is 12.0 Å². The second kappa shape index (κ2) is 9.42. The van der Waals surface area contributed by atoms with Gasteiger partial charge in [0.1, 0.15) is 11.8 Å². The van der Waals surface area contributed by atoms with Crippen molar-refractivity contribution in [3.8, 4) is 5.75 Å². The van der Waals surface area contributed by atoms with Gasteiger partial charge < -0.3 is 4.74 Å². The van der Waals surface area contributed by atoms with E-state index < -0.39 is 27.9 Å². The first-order valence-corrected chi connectivity index (χ1v) is 12.2. The van der Waals surface area contributed by atoms with Gasteiger partial charge in [-0.1, -0.05) is 22.0 Å². The van der Waals surface area contributed by atoms with Crippen molar-refractivity contribution < 1.29 is 22.7 Å². The standard InChI is InChI=1S/C23H20BrN3O5S/c1-32-19-8-10-20(11-9-19)33(30,31)26(15-16-3-2-12-25-14-16)21-13-22(28)27(23(21)29)18-6-4-17(24)5-7-18/h2-12,14,21H,13,15H2,1H3. The van der Waals surface area contributed by atoms with Crippen molar-refractivity contribution in [3.05, 3.63) is 83.1 Å². The summed E-state index contributed by atoms with van der Waals surface area (Å²) < 4.78 is 34.3. The van der Waals surface area contributed by atoms with E-state index in [-0.39, 0.29) is 17.9 Å². The number of nitrogens with zero attached hydrogens (tertiary/aromatic N) is 3. The normalized spacial score (nSPS) is 16.5. The summed E-state index contributed by atoms with van der Waals surface area (Å²) in [7, 11) is -2.65. The number of rotatable bonds is 7. The van der Waals surface area contributed by atoms with Crippen LogP contribution >= 0.6 is 15.9 Å². The molecule has 1 aliphatic rings. The van der Waals surface area contributed by atoms with E-state index in [2.05, 4.69) is 20.9 Å². The molecule has 0 bridgehead atoms. The zero-order chi connectivity index (χ0) is 23.6. The van der Waals surface area contributed by atoms with Gasteiger partial charge in [0, 0.05) is 23.4 Å². The molecule has 1 saturated heterocycles.